The van der Waals surface area contributed by atoms with Gasteiger partial charge in [-0.25, -0.2) is 0 Å². The number of thiocarbonyl (C=S) groups is 1. The van der Waals surface area contributed by atoms with Crippen LogP contribution in [0.4, 0.5) is 0 Å². The van der Waals surface area contributed by atoms with Gasteiger partial charge in [0.2, 0.25) is 0 Å². The first kappa shape index (κ1) is 14.0. The quantitative estimate of drug-likeness (QED) is 0.822. The Kier molecular flexibility index (Phi) is 3.89. The predicted octanol–water partition coefficient (Wildman–Crippen LogP) is 1.45. The highest BCUT2D eigenvalue weighted by molar-refractivity contribution is 7.80. The van der Waals surface area contributed by atoms with Crippen LogP contribution in [0.25, 0.3) is 0 Å². The van der Waals surface area contributed by atoms with E-state index in [0.717, 1.165) is 25.7 Å². The molecule has 1 aromatic rings. The molecule has 0 spiro atoms. The molecule has 1 fully saturated rings. The van der Waals surface area contributed by atoms with Crippen LogP contribution in [0.1, 0.15) is 48.2 Å². The average molecular weight is 280 g/mol. The van der Waals surface area contributed by atoms with Gasteiger partial charge in [0.1, 0.15) is 0 Å². The Labute approximate surface area is 118 Å². The number of hydrogen-bond acceptors (Lipinski definition) is 3. The Morgan fingerprint density at radius 2 is 2.11 bits per heavy atom. The zero-order valence-corrected chi connectivity index (χ0v) is 12.2. The number of aromatic nitrogens is 2. The molecule has 0 aliphatic heterocycles. The van der Waals surface area contributed by atoms with Gasteiger partial charge in [-0.15, -0.1) is 0 Å². The molecule has 0 unspecified atom stereocenters. The zero-order valence-electron chi connectivity index (χ0n) is 11.4. The maximum absolute atomic E-state index is 12.4. The maximum atomic E-state index is 12.4. The largest absolute Gasteiger partial charge is 0.391 e. The predicted molar refractivity (Wildman–Crippen MR) is 78.0 cm³/mol. The van der Waals surface area contributed by atoms with Gasteiger partial charge >= 0.3 is 0 Å². The highest BCUT2D eigenvalue weighted by Gasteiger charge is 2.37. The number of nitrogens with zero attached hydrogens (tertiary/aromatic N) is 2. The third-order valence-corrected chi connectivity index (χ3v) is 4.18. The maximum Gasteiger partial charge on any atom is 0.255 e. The van der Waals surface area contributed by atoms with Crippen molar-refractivity contribution in [3.63, 3.8) is 0 Å². The Morgan fingerprint density at radius 3 is 2.58 bits per heavy atom. The molecule has 0 saturated heterocycles. The molecule has 0 bridgehead atoms. The molecule has 0 radical (unpaired) electrons. The summed E-state index contributed by atoms with van der Waals surface area (Å²) in [4.78, 5) is 12.8. The molecule has 3 N–H and O–H groups in total. The molecule has 6 heteroatoms. The van der Waals surface area contributed by atoms with Crippen molar-refractivity contribution in [1.29, 1.82) is 0 Å². The van der Waals surface area contributed by atoms with Gasteiger partial charge in [0.15, 0.2) is 0 Å². The lowest BCUT2D eigenvalue weighted by Gasteiger charge is -2.37. The molecule has 1 heterocycles. The van der Waals surface area contributed by atoms with Crippen LogP contribution in [0, 0.1) is 6.92 Å². The van der Waals surface area contributed by atoms with Crippen LogP contribution in [-0.2, 0) is 7.05 Å². The number of nitrogens with one attached hydrogen (secondary N) is 1. The topological polar surface area (TPSA) is 72.9 Å². The lowest BCUT2D eigenvalue weighted by Crippen LogP contribution is -2.57. The summed E-state index contributed by atoms with van der Waals surface area (Å²) >= 11 is 5.18. The first-order valence-corrected chi connectivity index (χ1v) is 6.98. The number of carbonyl (C=O) groups excluding carboxylic acids is 1. The molecule has 1 aromatic heterocycles. The standard InChI is InChI=1S/C13H20N4OS/c1-9-10(8-17(2)16-9)11(18)15-13(12(14)19)6-4-3-5-7-13/h8H,3-7H2,1-2H3,(H2,14,19)(H,15,18). The summed E-state index contributed by atoms with van der Waals surface area (Å²) in [6, 6.07) is 0. The summed E-state index contributed by atoms with van der Waals surface area (Å²) in [5.74, 6) is -0.139. The van der Waals surface area contributed by atoms with Gasteiger partial charge in [-0.1, -0.05) is 31.5 Å². The van der Waals surface area contributed by atoms with Crippen LogP contribution >= 0.6 is 12.2 Å². The summed E-state index contributed by atoms with van der Waals surface area (Å²) in [7, 11) is 1.80. The molecule has 19 heavy (non-hydrogen) atoms. The van der Waals surface area contributed by atoms with Gasteiger partial charge in [-0.3, -0.25) is 9.48 Å². The summed E-state index contributed by atoms with van der Waals surface area (Å²) in [6.45, 7) is 1.82. The van der Waals surface area contributed by atoms with Crippen molar-refractivity contribution in [2.45, 2.75) is 44.6 Å². The van der Waals surface area contributed by atoms with Crippen molar-refractivity contribution < 1.29 is 4.79 Å². The fourth-order valence-electron chi connectivity index (χ4n) is 2.70. The second-order valence-electron chi connectivity index (χ2n) is 5.26. The summed E-state index contributed by atoms with van der Waals surface area (Å²) in [5.41, 5.74) is 6.65. The SMILES string of the molecule is Cc1nn(C)cc1C(=O)NC1(C(N)=S)CCCCC1. The number of amides is 1. The van der Waals surface area contributed by atoms with Crippen molar-refractivity contribution in [2.75, 3.05) is 0 Å². The Bertz CT molecular complexity index is 503. The van der Waals surface area contributed by atoms with Crippen molar-refractivity contribution >= 4 is 23.1 Å². The van der Waals surface area contributed by atoms with Gasteiger partial charge in [0, 0.05) is 13.2 Å². The molecular weight excluding hydrogens is 260 g/mol. The van der Waals surface area contributed by atoms with Gasteiger partial charge < -0.3 is 11.1 Å². The molecule has 5 nitrogen and oxygen atoms in total. The number of rotatable bonds is 3. The van der Waals surface area contributed by atoms with E-state index in [1.807, 2.05) is 6.92 Å². The minimum absolute atomic E-state index is 0.139. The summed E-state index contributed by atoms with van der Waals surface area (Å²) < 4.78 is 1.64. The van der Waals surface area contributed by atoms with Crippen LogP contribution < -0.4 is 11.1 Å². The van der Waals surface area contributed by atoms with Gasteiger partial charge in [-0.2, -0.15) is 5.10 Å². The Hall–Kier alpha value is -1.43. The zero-order chi connectivity index (χ0) is 14.0. The molecule has 1 saturated carbocycles. The fourth-order valence-corrected chi connectivity index (χ4v) is 2.95. The first-order chi connectivity index (χ1) is 8.94. The number of carbonyl (C=O) groups is 1. The molecule has 2 rings (SSSR count). The molecule has 104 valence electrons. The van der Waals surface area contributed by atoms with Crippen LogP contribution in [0.5, 0.6) is 0 Å². The monoisotopic (exact) mass is 280 g/mol. The van der Waals surface area contributed by atoms with E-state index < -0.39 is 5.54 Å². The molecule has 1 aliphatic carbocycles. The molecule has 0 aromatic carbocycles. The molecular formula is C13H20N4OS. The van der Waals surface area contributed by atoms with E-state index >= 15 is 0 Å². The Balaban J connectivity index is 2.20. The van der Waals surface area contributed by atoms with Crippen molar-refractivity contribution in [3.8, 4) is 0 Å². The van der Waals surface area contributed by atoms with Crippen molar-refractivity contribution in [2.24, 2.45) is 12.8 Å². The average Bonchev–Trinajstić information content (AvgIpc) is 2.69. The van der Waals surface area contributed by atoms with E-state index in [4.69, 9.17) is 18.0 Å². The lowest BCUT2D eigenvalue weighted by atomic mass is 9.81. The third kappa shape index (κ3) is 2.78. The highest BCUT2D eigenvalue weighted by atomic mass is 32.1. The van der Waals surface area contributed by atoms with Crippen LogP contribution in [0.15, 0.2) is 6.20 Å². The first-order valence-electron chi connectivity index (χ1n) is 6.57. The number of aryl methyl sites for hydroxylation is 2. The highest BCUT2D eigenvalue weighted by Crippen LogP contribution is 2.29. The van der Waals surface area contributed by atoms with E-state index in [9.17, 15) is 4.79 Å². The fraction of sp³-hybridized carbons (Fsp3) is 0.615. The van der Waals surface area contributed by atoms with Gasteiger partial charge in [0.05, 0.1) is 21.8 Å². The smallest absolute Gasteiger partial charge is 0.255 e. The minimum atomic E-state index is -0.521. The van der Waals surface area contributed by atoms with Gasteiger partial charge in [-0.05, 0) is 19.8 Å². The van der Waals surface area contributed by atoms with Crippen molar-refractivity contribution in [3.05, 3.63) is 17.5 Å². The van der Waals surface area contributed by atoms with E-state index in [1.165, 1.54) is 6.42 Å². The second-order valence-corrected chi connectivity index (χ2v) is 5.70. The van der Waals surface area contributed by atoms with E-state index in [2.05, 4.69) is 10.4 Å². The van der Waals surface area contributed by atoms with Crippen LogP contribution in [0.2, 0.25) is 0 Å². The molecule has 1 aliphatic rings. The lowest BCUT2D eigenvalue weighted by molar-refractivity contribution is 0.0907. The Morgan fingerprint density at radius 1 is 1.47 bits per heavy atom. The van der Waals surface area contributed by atoms with Crippen molar-refractivity contribution in [1.82, 2.24) is 15.1 Å². The minimum Gasteiger partial charge on any atom is -0.391 e. The second kappa shape index (κ2) is 5.28. The normalized spacial score (nSPS) is 18.0. The molecule has 0 atom stereocenters. The van der Waals surface area contributed by atoms with E-state index in [0.29, 0.717) is 16.2 Å². The van der Waals surface area contributed by atoms with Gasteiger partial charge in [0.25, 0.3) is 5.91 Å². The van der Waals surface area contributed by atoms with E-state index in [-0.39, 0.29) is 5.91 Å². The van der Waals surface area contributed by atoms with Crippen LogP contribution in [0.3, 0.4) is 0 Å². The third-order valence-electron chi connectivity index (χ3n) is 3.79. The van der Waals surface area contributed by atoms with E-state index in [1.54, 1.807) is 17.9 Å². The summed E-state index contributed by atoms with van der Waals surface area (Å²) in [6.07, 6.45) is 6.64. The number of nitrogens with two attached hydrogens (primary N) is 1. The number of hydrogen-bond donors (Lipinski definition) is 2. The molecule has 1 amide bonds. The summed E-state index contributed by atoms with van der Waals surface area (Å²) in [5, 5.41) is 7.23. The van der Waals surface area contributed by atoms with Crippen LogP contribution in [-0.4, -0.2) is 26.2 Å².